The van der Waals surface area contributed by atoms with Crippen molar-refractivity contribution in [1.29, 1.82) is 0 Å². The standard InChI is InChI=1S/C11H16FN3O/c1-4-5-13-10-9(11(16)15(2)3)6-8(12)7-14-10/h6-7H,4-5H2,1-3H3,(H,13,14). The average molecular weight is 225 g/mol. The molecule has 0 aliphatic rings. The number of nitrogens with zero attached hydrogens (tertiary/aromatic N) is 2. The van der Waals surface area contributed by atoms with Crippen molar-refractivity contribution in [3.63, 3.8) is 0 Å². The SMILES string of the molecule is CCCNc1ncc(F)cc1C(=O)N(C)C. The number of hydrogen-bond acceptors (Lipinski definition) is 3. The minimum absolute atomic E-state index is 0.259. The summed E-state index contributed by atoms with van der Waals surface area (Å²) in [6.45, 7) is 2.70. The molecule has 16 heavy (non-hydrogen) atoms. The van der Waals surface area contributed by atoms with E-state index in [-0.39, 0.29) is 11.5 Å². The van der Waals surface area contributed by atoms with Crippen LogP contribution in [0, 0.1) is 5.82 Å². The molecule has 0 aliphatic carbocycles. The summed E-state index contributed by atoms with van der Waals surface area (Å²) in [6, 6.07) is 1.20. The molecular formula is C11H16FN3O. The number of amides is 1. The summed E-state index contributed by atoms with van der Waals surface area (Å²) >= 11 is 0. The number of aromatic nitrogens is 1. The van der Waals surface area contributed by atoms with Gasteiger partial charge in [0.05, 0.1) is 11.8 Å². The van der Waals surface area contributed by atoms with E-state index >= 15 is 0 Å². The van der Waals surface area contributed by atoms with Crippen LogP contribution >= 0.6 is 0 Å². The zero-order valence-electron chi connectivity index (χ0n) is 9.75. The molecule has 0 aromatic carbocycles. The molecule has 0 radical (unpaired) electrons. The Labute approximate surface area is 94.5 Å². The number of anilines is 1. The summed E-state index contributed by atoms with van der Waals surface area (Å²) in [4.78, 5) is 17.0. The lowest BCUT2D eigenvalue weighted by molar-refractivity contribution is 0.0827. The van der Waals surface area contributed by atoms with Crippen molar-refractivity contribution in [2.45, 2.75) is 13.3 Å². The van der Waals surface area contributed by atoms with E-state index in [1.165, 1.54) is 11.0 Å². The number of halogens is 1. The summed E-state index contributed by atoms with van der Waals surface area (Å²) in [5.74, 6) is -0.334. The first-order chi connectivity index (χ1) is 7.56. The Morgan fingerprint density at radius 3 is 2.81 bits per heavy atom. The van der Waals surface area contributed by atoms with Crippen molar-refractivity contribution in [3.05, 3.63) is 23.6 Å². The third-order valence-corrected chi connectivity index (χ3v) is 2.03. The van der Waals surface area contributed by atoms with E-state index in [0.29, 0.717) is 12.4 Å². The second-order valence-corrected chi connectivity index (χ2v) is 3.68. The van der Waals surface area contributed by atoms with E-state index in [9.17, 15) is 9.18 Å². The van der Waals surface area contributed by atoms with Crippen LogP contribution in [-0.2, 0) is 0 Å². The summed E-state index contributed by atoms with van der Waals surface area (Å²) in [5, 5.41) is 3.00. The third-order valence-electron chi connectivity index (χ3n) is 2.03. The quantitative estimate of drug-likeness (QED) is 0.849. The van der Waals surface area contributed by atoms with Crippen LogP contribution in [0.2, 0.25) is 0 Å². The average Bonchev–Trinajstić information content (AvgIpc) is 2.26. The van der Waals surface area contributed by atoms with Gasteiger partial charge in [0.2, 0.25) is 0 Å². The van der Waals surface area contributed by atoms with Crippen LogP contribution in [0.15, 0.2) is 12.3 Å². The van der Waals surface area contributed by atoms with Crippen molar-refractivity contribution in [3.8, 4) is 0 Å². The Bertz CT molecular complexity index is 379. The first-order valence-electron chi connectivity index (χ1n) is 5.17. The molecule has 88 valence electrons. The maximum atomic E-state index is 13.0. The van der Waals surface area contributed by atoms with Gasteiger partial charge in [-0.2, -0.15) is 0 Å². The zero-order valence-corrected chi connectivity index (χ0v) is 9.75. The second kappa shape index (κ2) is 5.44. The number of carbonyl (C=O) groups excluding carboxylic acids is 1. The second-order valence-electron chi connectivity index (χ2n) is 3.68. The van der Waals surface area contributed by atoms with Gasteiger partial charge in [-0.25, -0.2) is 9.37 Å². The van der Waals surface area contributed by atoms with Crippen LogP contribution in [-0.4, -0.2) is 36.4 Å². The van der Waals surface area contributed by atoms with E-state index in [0.717, 1.165) is 12.6 Å². The maximum absolute atomic E-state index is 13.0. The highest BCUT2D eigenvalue weighted by atomic mass is 19.1. The Hall–Kier alpha value is -1.65. The van der Waals surface area contributed by atoms with Gasteiger partial charge in [0.25, 0.3) is 5.91 Å². The molecule has 0 spiro atoms. The topological polar surface area (TPSA) is 45.2 Å². The predicted octanol–water partition coefficient (Wildman–Crippen LogP) is 1.74. The minimum Gasteiger partial charge on any atom is -0.369 e. The molecule has 1 aromatic heterocycles. The first-order valence-corrected chi connectivity index (χ1v) is 5.17. The molecule has 1 aromatic rings. The van der Waals surface area contributed by atoms with Crippen molar-refractivity contribution in [1.82, 2.24) is 9.88 Å². The highest BCUT2D eigenvalue weighted by molar-refractivity contribution is 5.98. The molecule has 1 N–H and O–H groups in total. The molecule has 1 rings (SSSR count). The van der Waals surface area contributed by atoms with Gasteiger partial charge in [0.1, 0.15) is 11.6 Å². The number of carbonyl (C=O) groups is 1. The summed E-state index contributed by atoms with van der Waals surface area (Å²) in [5.41, 5.74) is 0.262. The highest BCUT2D eigenvalue weighted by Gasteiger charge is 2.15. The summed E-state index contributed by atoms with van der Waals surface area (Å²) in [6.07, 6.45) is 2.01. The lowest BCUT2D eigenvalue weighted by Crippen LogP contribution is -2.23. The largest absolute Gasteiger partial charge is 0.369 e. The fraction of sp³-hybridized carbons (Fsp3) is 0.455. The van der Waals surface area contributed by atoms with Crippen LogP contribution in [0.25, 0.3) is 0 Å². The van der Waals surface area contributed by atoms with Gasteiger partial charge in [0, 0.05) is 20.6 Å². The maximum Gasteiger partial charge on any atom is 0.257 e. The fourth-order valence-corrected chi connectivity index (χ4v) is 1.23. The highest BCUT2D eigenvalue weighted by Crippen LogP contribution is 2.15. The molecule has 0 bridgehead atoms. The Morgan fingerprint density at radius 1 is 1.56 bits per heavy atom. The number of hydrogen-bond donors (Lipinski definition) is 1. The van der Waals surface area contributed by atoms with E-state index in [4.69, 9.17) is 0 Å². The minimum atomic E-state index is -0.507. The smallest absolute Gasteiger partial charge is 0.257 e. The van der Waals surface area contributed by atoms with E-state index < -0.39 is 5.82 Å². The Balaban J connectivity index is 3.03. The lowest BCUT2D eigenvalue weighted by Gasteiger charge is -2.14. The fourth-order valence-electron chi connectivity index (χ4n) is 1.23. The van der Waals surface area contributed by atoms with E-state index in [1.807, 2.05) is 6.92 Å². The number of rotatable bonds is 4. The molecule has 0 unspecified atom stereocenters. The summed E-state index contributed by atoms with van der Waals surface area (Å²) in [7, 11) is 3.24. The molecule has 1 amide bonds. The Morgan fingerprint density at radius 2 is 2.25 bits per heavy atom. The van der Waals surface area contributed by atoms with Gasteiger partial charge in [-0.15, -0.1) is 0 Å². The van der Waals surface area contributed by atoms with E-state index in [1.54, 1.807) is 14.1 Å². The molecule has 1 heterocycles. The van der Waals surface area contributed by atoms with Gasteiger partial charge < -0.3 is 10.2 Å². The van der Waals surface area contributed by atoms with Crippen LogP contribution < -0.4 is 5.32 Å². The van der Waals surface area contributed by atoms with Gasteiger partial charge in [0.15, 0.2) is 0 Å². The van der Waals surface area contributed by atoms with Crippen LogP contribution in [0.1, 0.15) is 23.7 Å². The molecule has 5 heteroatoms. The van der Waals surface area contributed by atoms with Crippen LogP contribution in [0.3, 0.4) is 0 Å². The first kappa shape index (κ1) is 12.4. The van der Waals surface area contributed by atoms with E-state index in [2.05, 4.69) is 10.3 Å². The van der Waals surface area contributed by atoms with Crippen molar-refractivity contribution >= 4 is 11.7 Å². The summed E-state index contributed by atoms with van der Waals surface area (Å²) < 4.78 is 13.0. The van der Waals surface area contributed by atoms with Crippen molar-refractivity contribution < 1.29 is 9.18 Å². The van der Waals surface area contributed by atoms with Gasteiger partial charge in [-0.05, 0) is 12.5 Å². The van der Waals surface area contributed by atoms with Gasteiger partial charge >= 0.3 is 0 Å². The lowest BCUT2D eigenvalue weighted by atomic mass is 10.2. The number of pyridine rings is 1. The molecule has 0 aliphatic heterocycles. The molecule has 4 nitrogen and oxygen atoms in total. The predicted molar refractivity (Wildman–Crippen MR) is 61.0 cm³/mol. The molecule has 0 saturated heterocycles. The van der Waals surface area contributed by atoms with Crippen molar-refractivity contribution in [2.24, 2.45) is 0 Å². The Kier molecular flexibility index (Phi) is 4.22. The van der Waals surface area contributed by atoms with Crippen molar-refractivity contribution in [2.75, 3.05) is 26.0 Å². The van der Waals surface area contributed by atoms with Crippen LogP contribution in [0.5, 0.6) is 0 Å². The third kappa shape index (κ3) is 2.92. The zero-order chi connectivity index (χ0) is 12.1. The monoisotopic (exact) mass is 225 g/mol. The van der Waals surface area contributed by atoms with Crippen LogP contribution in [0.4, 0.5) is 10.2 Å². The normalized spacial score (nSPS) is 10.0. The number of nitrogens with one attached hydrogen (secondary N) is 1. The van der Waals surface area contributed by atoms with Gasteiger partial charge in [-0.3, -0.25) is 4.79 Å². The molecule has 0 fully saturated rings. The van der Waals surface area contributed by atoms with Gasteiger partial charge in [-0.1, -0.05) is 6.92 Å². The molecule has 0 atom stereocenters. The molecular weight excluding hydrogens is 209 g/mol. The molecule has 0 saturated carbocycles.